The predicted molar refractivity (Wildman–Crippen MR) is 281 cm³/mol. The van der Waals surface area contributed by atoms with Crippen molar-refractivity contribution in [2.24, 2.45) is 16.7 Å². The van der Waals surface area contributed by atoms with E-state index in [1.54, 1.807) is 113 Å². The van der Waals surface area contributed by atoms with Crippen LogP contribution in [0.2, 0.25) is 36.3 Å². The highest BCUT2D eigenvalue weighted by molar-refractivity contribution is 6.74. The molecule has 1 unspecified atom stereocenters. The Bertz CT molecular complexity index is 2500. The molecule has 2 bridgehead atoms. The molecule has 2 saturated carbocycles. The molecule has 4 aliphatic rings. The standard InChI is InChI=1S/C57H79NO13Si2/c1-14-73(15-2,16-3)70-41-32-42-56(34-66-42,69-36(5)59)47-49(68-51(63)39-30-24-19-25-31-39)57(65)33-40(35(4)43(54(57,9)10)45(60)48(61)55(41,47)11)67-52(64)46(71-72(12,13)53(6,7)8)44(37-26-20-17-21-27-37)58-50(62)38-28-22-18-23-29-38/h17-31,40-42,44-49,60-61,65H,14-16,32-34H2,1-13H3,(H,58,62)/t40-,41-,42+,44-,45-,46?,47-,48-,49-,55+,56-,57+/m0/s1. The van der Waals surface area contributed by atoms with Gasteiger partial charge >= 0.3 is 17.9 Å². The molecule has 73 heavy (non-hydrogen) atoms. The molecule has 1 amide bonds. The molecular formula is C57H79NO13Si2. The minimum Gasteiger partial charge on any atom is -0.456 e. The molecule has 0 aromatic heterocycles. The summed E-state index contributed by atoms with van der Waals surface area (Å²) in [5.74, 6) is -4.04. The molecule has 3 aliphatic carbocycles. The van der Waals surface area contributed by atoms with Gasteiger partial charge in [0.05, 0.1) is 36.3 Å². The fraction of sp³-hybridized carbons (Fsp3) is 0.579. The number of ether oxygens (including phenoxy) is 4. The Kier molecular flexibility index (Phi) is 16.1. The van der Waals surface area contributed by atoms with Crippen LogP contribution in [-0.2, 0) is 37.4 Å². The molecule has 0 radical (unpaired) electrons. The van der Waals surface area contributed by atoms with Crippen molar-refractivity contribution < 1.29 is 62.3 Å². The Balaban J connectivity index is 1.44. The van der Waals surface area contributed by atoms with Gasteiger partial charge in [-0.1, -0.05) is 129 Å². The van der Waals surface area contributed by atoms with Gasteiger partial charge in [0.15, 0.2) is 28.3 Å². The zero-order chi connectivity index (χ0) is 53.7. The van der Waals surface area contributed by atoms with Crippen molar-refractivity contribution in [2.75, 3.05) is 6.61 Å². The Morgan fingerprint density at radius 1 is 0.836 bits per heavy atom. The van der Waals surface area contributed by atoms with Gasteiger partial charge in [0.1, 0.15) is 30.0 Å². The number of fused-ring (bicyclic) bond motifs is 5. The van der Waals surface area contributed by atoms with E-state index >= 15 is 4.79 Å². The third-order valence-corrected chi connectivity index (χ3v) is 27.1. The summed E-state index contributed by atoms with van der Waals surface area (Å²) < 4.78 is 40.6. The summed E-state index contributed by atoms with van der Waals surface area (Å²) in [6, 6.07) is 27.2. The molecule has 1 aliphatic heterocycles. The smallest absolute Gasteiger partial charge is 0.338 e. The number of hydrogen-bond acceptors (Lipinski definition) is 13. The number of carbonyl (C=O) groups excluding carboxylic acids is 4. The van der Waals surface area contributed by atoms with Crippen LogP contribution in [0.4, 0.5) is 0 Å². The van der Waals surface area contributed by atoms with Crippen molar-refractivity contribution in [1.82, 2.24) is 5.32 Å². The molecule has 7 rings (SSSR count). The van der Waals surface area contributed by atoms with Gasteiger partial charge in [0, 0.05) is 36.2 Å². The topological polar surface area (TPSA) is 196 Å². The van der Waals surface area contributed by atoms with E-state index in [2.05, 4.69) is 26.1 Å². The zero-order valence-corrected chi connectivity index (χ0v) is 47.0. The fourth-order valence-electron chi connectivity index (χ4n) is 12.2. The van der Waals surface area contributed by atoms with Crippen LogP contribution in [0.3, 0.4) is 0 Å². The van der Waals surface area contributed by atoms with Gasteiger partial charge in [-0.2, -0.15) is 0 Å². The van der Waals surface area contributed by atoms with E-state index in [0.29, 0.717) is 16.7 Å². The molecule has 0 spiro atoms. The normalized spacial score (nSPS) is 30.7. The van der Waals surface area contributed by atoms with Crippen molar-refractivity contribution in [1.29, 1.82) is 0 Å². The summed E-state index contributed by atoms with van der Waals surface area (Å²) in [6.45, 7) is 24.4. The Hall–Kier alpha value is -4.53. The molecule has 12 atom stereocenters. The van der Waals surface area contributed by atoms with Gasteiger partial charge in [0.2, 0.25) is 0 Å². The van der Waals surface area contributed by atoms with E-state index in [0.717, 1.165) is 18.1 Å². The summed E-state index contributed by atoms with van der Waals surface area (Å²) in [4.78, 5) is 58.0. The molecule has 1 saturated heterocycles. The second-order valence-corrected chi connectivity index (χ2v) is 32.6. The van der Waals surface area contributed by atoms with Gasteiger partial charge in [-0.3, -0.25) is 9.59 Å². The summed E-state index contributed by atoms with van der Waals surface area (Å²) in [5.41, 5.74) is -5.29. The van der Waals surface area contributed by atoms with Crippen molar-refractivity contribution in [3.8, 4) is 0 Å². The number of amides is 1. The molecule has 3 aromatic carbocycles. The second kappa shape index (κ2) is 20.9. The van der Waals surface area contributed by atoms with Crippen molar-refractivity contribution in [3.63, 3.8) is 0 Å². The first-order chi connectivity index (χ1) is 34.2. The third-order valence-electron chi connectivity index (χ3n) is 17.9. The number of esters is 3. The second-order valence-electron chi connectivity index (χ2n) is 23.2. The number of aliphatic hydroxyl groups excluding tert-OH is 2. The summed E-state index contributed by atoms with van der Waals surface area (Å²) >= 11 is 0. The number of carbonyl (C=O) groups is 4. The van der Waals surface area contributed by atoms with E-state index in [1.807, 2.05) is 39.9 Å². The minimum atomic E-state index is -2.89. The van der Waals surface area contributed by atoms with E-state index in [-0.39, 0.29) is 30.6 Å². The molecule has 3 fully saturated rings. The molecule has 3 aromatic rings. The lowest BCUT2D eigenvalue weighted by Crippen LogP contribution is -2.82. The SMILES string of the molecule is CC[Si](CC)(CC)O[C@H]1C[C@H]2OC[C@@]2(OC(C)=O)[C@H]2[C@H](OC(=O)c3ccccc3)[C@]3(O)C[C@H](OC(=O)C(O[Si](C)(C)C(C)(C)C)[C@@H](NC(=O)c4ccccc4)c4ccccc4)C(C)=C([C@H](O)[C@H](O)[C@]12C)C3(C)C. The van der Waals surface area contributed by atoms with Crippen LogP contribution in [-0.4, -0.2) is 116 Å². The molecule has 1 heterocycles. The number of benzene rings is 3. The lowest BCUT2D eigenvalue weighted by atomic mass is 9.44. The van der Waals surface area contributed by atoms with Gasteiger partial charge in [0.25, 0.3) is 5.91 Å². The average Bonchev–Trinajstić information content (AvgIpc) is 3.35. The van der Waals surface area contributed by atoms with Crippen LogP contribution in [0.15, 0.2) is 102 Å². The van der Waals surface area contributed by atoms with E-state index < -0.39 is 122 Å². The lowest BCUT2D eigenvalue weighted by Gasteiger charge is -2.70. The first-order valence-electron chi connectivity index (χ1n) is 26.0. The minimum absolute atomic E-state index is 0.164. The number of rotatable bonds is 16. The lowest BCUT2D eigenvalue weighted by molar-refractivity contribution is -0.363. The maximum absolute atomic E-state index is 15.6. The van der Waals surface area contributed by atoms with Crippen LogP contribution in [0.5, 0.6) is 0 Å². The van der Waals surface area contributed by atoms with Gasteiger partial charge in [-0.15, -0.1) is 0 Å². The van der Waals surface area contributed by atoms with E-state index in [9.17, 15) is 29.7 Å². The van der Waals surface area contributed by atoms with Gasteiger partial charge in [-0.05, 0) is 84.2 Å². The summed E-state index contributed by atoms with van der Waals surface area (Å²) in [5, 5.41) is 43.4. The first kappa shape index (κ1) is 56.2. The molecule has 398 valence electrons. The molecular weight excluding hydrogens is 963 g/mol. The monoisotopic (exact) mass is 1040 g/mol. The van der Waals surface area contributed by atoms with Crippen LogP contribution >= 0.6 is 0 Å². The first-order valence-corrected chi connectivity index (χ1v) is 31.5. The predicted octanol–water partition coefficient (Wildman–Crippen LogP) is 9.02. The number of aliphatic hydroxyl groups is 3. The van der Waals surface area contributed by atoms with E-state index in [4.69, 9.17) is 27.8 Å². The van der Waals surface area contributed by atoms with Crippen molar-refractivity contribution in [2.45, 2.75) is 185 Å². The Morgan fingerprint density at radius 2 is 1.38 bits per heavy atom. The molecule has 4 N–H and O–H groups in total. The van der Waals surface area contributed by atoms with E-state index in [1.165, 1.54) is 6.92 Å². The number of hydrogen-bond donors (Lipinski definition) is 4. The third kappa shape index (κ3) is 9.95. The average molecular weight is 1040 g/mol. The Labute approximate surface area is 433 Å². The highest BCUT2D eigenvalue weighted by Crippen LogP contribution is 2.66. The zero-order valence-electron chi connectivity index (χ0n) is 45.0. The highest BCUT2D eigenvalue weighted by Gasteiger charge is 2.78. The highest BCUT2D eigenvalue weighted by atomic mass is 28.4. The fourth-order valence-corrected chi connectivity index (χ4v) is 16.4. The largest absolute Gasteiger partial charge is 0.456 e. The Morgan fingerprint density at radius 3 is 1.89 bits per heavy atom. The molecule has 14 nitrogen and oxygen atoms in total. The quantitative estimate of drug-likeness (QED) is 0.0460. The molecule has 16 heteroatoms. The van der Waals surface area contributed by atoms with Crippen LogP contribution in [0.25, 0.3) is 0 Å². The van der Waals surface area contributed by atoms with Crippen LogP contribution in [0.1, 0.15) is 121 Å². The van der Waals surface area contributed by atoms with Crippen LogP contribution < -0.4 is 5.32 Å². The van der Waals surface area contributed by atoms with Crippen molar-refractivity contribution >= 4 is 40.4 Å². The van der Waals surface area contributed by atoms with Crippen LogP contribution in [0, 0.1) is 16.7 Å². The summed E-state index contributed by atoms with van der Waals surface area (Å²) in [6.07, 6.45) is -9.67. The maximum Gasteiger partial charge on any atom is 0.338 e. The maximum atomic E-state index is 15.6. The number of nitrogens with one attached hydrogen (secondary N) is 1. The van der Waals surface area contributed by atoms with Crippen molar-refractivity contribution in [3.05, 3.63) is 119 Å². The van der Waals surface area contributed by atoms with Gasteiger partial charge < -0.3 is 48.4 Å². The van der Waals surface area contributed by atoms with Gasteiger partial charge in [-0.25, -0.2) is 9.59 Å². The summed E-state index contributed by atoms with van der Waals surface area (Å²) in [7, 11) is -5.45.